The predicted molar refractivity (Wildman–Crippen MR) is 85.9 cm³/mol. The predicted octanol–water partition coefficient (Wildman–Crippen LogP) is 1.73. The normalized spacial score (nSPS) is 23.0. The summed E-state index contributed by atoms with van der Waals surface area (Å²) >= 11 is 0. The molecule has 0 aromatic heterocycles. The second kappa shape index (κ2) is 6.47. The second-order valence-electron chi connectivity index (χ2n) is 6.54. The van der Waals surface area contributed by atoms with Gasteiger partial charge in [-0.2, -0.15) is 0 Å². The van der Waals surface area contributed by atoms with Crippen molar-refractivity contribution < 1.29 is 18.4 Å². The molecule has 5 nitrogen and oxygen atoms in total. The standard InChI is InChI=1S/C17H21F2N3O2/c1-12-3-2-4-13(9-12)20-15(23)11-21-5-7-22(8-6-21)16(24)14-10-17(14,18)19/h2-4,9,14H,5-8,10-11H2,1H3,(H,20,23). The molecule has 1 aliphatic carbocycles. The number of amides is 2. The molecule has 1 atom stereocenters. The molecule has 1 saturated heterocycles. The highest BCUT2D eigenvalue weighted by molar-refractivity contribution is 5.92. The average molecular weight is 337 g/mol. The van der Waals surface area contributed by atoms with Gasteiger partial charge in [-0.3, -0.25) is 14.5 Å². The van der Waals surface area contributed by atoms with E-state index in [0.29, 0.717) is 26.2 Å². The summed E-state index contributed by atoms with van der Waals surface area (Å²) in [5.41, 5.74) is 1.82. The van der Waals surface area contributed by atoms with E-state index >= 15 is 0 Å². The third kappa shape index (κ3) is 3.90. The minimum absolute atomic E-state index is 0.117. The van der Waals surface area contributed by atoms with Crippen LogP contribution in [-0.2, 0) is 9.59 Å². The molecule has 0 radical (unpaired) electrons. The quantitative estimate of drug-likeness (QED) is 0.910. The Morgan fingerprint density at radius 1 is 1.25 bits per heavy atom. The number of anilines is 1. The number of aryl methyl sites for hydroxylation is 1. The molecule has 24 heavy (non-hydrogen) atoms. The zero-order valence-electron chi connectivity index (χ0n) is 13.6. The molecule has 1 saturated carbocycles. The van der Waals surface area contributed by atoms with Crippen LogP contribution in [-0.4, -0.2) is 60.3 Å². The van der Waals surface area contributed by atoms with E-state index in [1.807, 2.05) is 36.1 Å². The summed E-state index contributed by atoms with van der Waals surface area (Å²) in [6.07, 6.45) is -0.328. The minimum atomic E-state index is -2.82. The van der Waals surface area contributed by atoms with E-state index in [1.54, 1.807) is 0 Å². The minimum Gasteiger partial charge on any atom is -0.340 e. The molecule has 2 aliphatic rings. The number of piperazine rings is 1. The number of nitrogens with one attached hydrogen (secondary N) is 1. The van der Waals surface area contributed by atoms with Gasteiger partial charge in [-0.25, -0.2) is 8.78 Å². The van der Waals surface area contributed by atoms with Crippen molar-refractivity contribution in [3.8, 4) is 0 Å². The van der Waals surface area contributed by atoms with Crippen LogP contribution in [0, 0.1) is 12.8 Å². The van der Waals surface area contributed by atoms with E-state index in [-0.39, 0.29) is 18.9 Å². The molecule has 1 unspecified atom stereocenters. The molecular weight excluding hydrogens is 316 g/mol. The number of carbonyl (C=O) groups excluding carboxylic acids is 2. The van der Waals surface area contributed by atoms with Crippen molar-refractivity contribution in [1.82, 2.24) is 9.80 Å². The summed E-state index contributed by atoms with van der Waals surface area (Å²) in [7, 11) is 0. The molecule has 1 heterocycles. The first-order chi connectivity index (χ1) is 11.3. The van der Waals surface area contributed by atoms with Gasteiger partial charge in [0, 0.05) is 38.3 Å². The molecule has 1 aromatic carbocycles. The van der Waals surface area contributed by atoms with E-state index in [0.717, 1.165) is 11.3 Å². The third-order valence-corrected chi connectivity index (χ3v) is 4.48. The molecule has 130 valence electrons. The molecule has 0 bridgehead atoms. The van der Waals surface area contributed by atoms with Gasteiger partial charge in [0.05, 0.1) is 6.54 Å². The van der Waals surface area contributed by atoms with Crippen molar-refractivity contribution in [3.63, 3.8) is 0 Å². The van der Waals surface area contributed by atoms with Crippen molar-refractivity contribution >= 4 is 17.5 Å². The zero-order valence-corrected chi connectivity index (χ0v) is 13.6. The first kappa shape index (κ1) is 16.8. The van der Waals surface area contributed by atoms with Gasteiger partial charge in [0.1, 0.15) is 5.92 Å². The Morgan fingerprint density at radius 2 is 1.92 bits per heavy atom. The van der Waals surface area contributed by atoms with Crippen molar-refractivity contribution in [2.24, 2.45) is 5.92 Å². The van der Waals surface area contributed by atoms with Crippen LogP contribution in [0.4, 0.5) is 14.5 Å². The number of nitrogens with zero attached hydrogens (tertiary/aromatic N) is 2. The highest BCUT2D eigenvalue weighted by Crippen LogP contribution is 2.49. The van der Waals surface area contributed by atoms with Gasteiger partial charge >= 0.3 is 0 Å². The van der Waals surface area contributed by atoms with Gasteiger partial charge in [-0.05, 0) is 24.6 Å². The maximum atomic E-state index is 13.0. The Labute approximate surface area is 139 Å². The van der Waals surface area contributed by atoms with E-state index in [1.165, 1.54) is 4.90 Å². The van der Waals surface area contributed by atoms with Crippen LogP contribution < -0.4 is 5.32 Å². The maximum absolute atomic E-state index is 13.0. The van der Waals surface area contributed by atoms with E-state index in [2.05, 4.69) is 5.32 Å². The third-order valence-electron chi connectivity index (χ3n) is 4.48. The van der Waals surface area contributed by atoms with Gasteiger partial charge in [0.2, 0.25) is 11.8 Å². The largest absolute Gasteiger partial charge is 0.340 e. The summed E-state index contributed by atoms with van der Waals surface area (Å²) in [4.78, 5) is 27.4. The molecular formula is C17H21F2N3O2. The molecule has 0 spiro atoms. The summed E-state index contributed by atoms with van der Waals surface area (Å²) in [6.45, 7) is 4.01. The van der Waals surface area contributed by atoms with Crippen LogP contribution in [0.1, 0.15) is 12.0 Å². The lowest BCUT2D eigenvalue weighted by Crippen LogP contribution is -2.51. The van der Waals surface area contributed by atoms with E-state index in [4.69, 9.17) is 0 Å². The van der Waals surface area contributed by atoms with E-state index < -0.39 is 17.7 Å². The van der Waals surface area contributed by atoms with Crippen molar-refractivity contribution in [2.45, 2.75) is 19.3 Å². The number of benzene rings is 1. The summed E-state index contributed by atoms with van der Waals surface area (Å²) in [5, 5.41) is 2.84. The lowest BCUT2D eigenvalue weighted by atomic mass is 10.2. The SMILES string of the molecule is Cc1cccc(NC(=O)CN2CCN(C(=O)C3CC3(F)F)CC2)c1. The van der Waals surface area contributed by atoms with Crippen molar-refractivity contribution in [2.75, 3.05) is 38.0 Å². The topological polar surface area (TPSA) is 52.7 Å². The molecule has 1 aromatic rings. The Kier molecular flexibility index (Phi) is 4.54. The van der Waals surface area contributed by atoms with Gasteiger partial charge in [-0.15, -0.1) is 0 Å². The average Bonchev–Trinajstić information content (AvgIpc) is 3.16. The fourth-order valence-electron chi connectivity index (χ4n) is 2.95. The number of hydrogen-bond acceptors (Lipinski definition) is 3. The Hall–Kier alpha value is -2.02. The highest BCUT2D eigenvalue weighted by Gasteiger charge is 2.62. The number of carbonyl (C=O) groups is 2. The Morgan fingerprint density at radius 3 is 2.50 bits per heavy atom. The molecule has 1 N–H and O–H groups in total. The van der Waals surface area contributed by atoms with Crippen molar-refractivity contribution in [1.29, 1.82) is 0 Å². The first-order valence-electron chi connectivity index (χ1n) is 8.11. The van der Waals surface area contributed by atoms with Crippen LogP contribution >= 0.6 is 0 Å². The lowest BCUT2D eigenvalue weighted by Gasteiger charge is -2.34. The Balaban J connectivity index is 1.44. The summed E-state index contributed by atoms with van der Waals surface area (Å²) in [6, 6.07) is 7.56. The van der Waals surface area contributed by atoms with Gasteiger partial charge in [-0.1, -0.05) is 12.1 Å². The lowest BCUT2D eigenvalue weighted by molar-refractivity contribution is -0.136. The second-order valence-corrected chi connectivity index (χ2v) is 6.54. The van der Waals surface area contributed by atoms with Crippen molar-refractivity contribution in [3.05, 3.63) is 29.8 Å². The number of alkyl halides is 2. The van der Waals surface area contributed by atoms with Gasteiger partial charge in [0.25, 0.3) is 5.92 Å². The monoisotopic (exact) mass is 337 g/mol. The fraction of sp³-hybridized carbons (Fsp3) is 0.529. The van der Waals surface area contributed by atoms with Crippen LogP contribution in [0.2, 0.25) is 0 Å². The summed E-state index contributed by atoms with van der Waals surface area (Å²) < 4.78 is 26.0. The number of halogens is 2. The molecule has 1 aliphatic heterocycles. The first-order valence-corrected chi connectivity index (χ1v) is 8.11. The molecule has 2 amide bonds. The van der Waals surface area contributed by atoms with E-state index in [9.17, 15) is 18.4 Å². The van der Waals surface area contributed by atoms with Gasteiger partial charge in [0.15, 0.2) is 0 Å². The highest BCUT2D eigenvalue weighted by atomic mass is 19.3. The van der Waals surface area contributed by atoms with Gasteiger partial charge < -0.3 is 10.2 Å². The van der Waals surface area contributed by atoms with Crippen LogP contribution in [0.3, 0.4) is 0 Å². The zero-order chi connectivity index (χ0) is 17.3. The molecule has 3 rings (SSSR count). The number of rotatable bonds is 4. The molecule has 2 fully saturated rings. The maximum Gasteiger partial charge on any atom is 0.260 e. The van der Waals surface area contributed by atoms with Crippen LogP contribution in [0.15, 0.2) is 24.3 Å². The fourth-order valence-corrected chi connectivity index (χ4v) is 2.95. The van der Waals surface area contributed by atoms with Crippen LogP contribution in [0.5, 0.6) is 0 Å². The molecule has 7 heteroatoms. The smallest absolute Gasteiger partial charge is 0.260 e. The summed E-state index contributed by atoms with van der Waals surface area (Å²) in [5.74, 6) is -4.52. The Bertz CT molecular complexity index is 642. The van der Waals surface area contributed by atoms with Crippen LogP contribution in [0.25, 0.3) is 0 Å². The number of hydrogen-bond donors (Lipinski definition) is 1.